The van der Waals surface area contributed by atoms with Crippen molar-refractivity contribution >= 4 is 5.82 Å². The molecule has 1 N–H and O–H groups in total. The Balaban J connectivity index is 1.97. The lowest BCUT2D eigenvalue weighted by Gasteiger charge is -2.37. The molecule has 116 valence electrons. The first kappa shape index (κ1) is 15.7. The molecule has 0 unspecified atom stereocenters. The molecule has 0 bridgehead atoms. The molecule has 1 aliphatic heterocycles. The third kappa shape index (κ3) is 3.69. The summed E-state index contributed by atoms with van der Waals surface area (Å²) in [5, 5.41) is 2.99. The lowest BCUT2D eigenvalue weighted by Crippen LogP contribution is -2.42. The van der Waals surface area contributed by atoms with Crippen LogP contribution in [0.4, 0.5) is 10.2 Å². The highest BCUT2D eigenvalue weighted by atomic mass is 19.1. The maximum atomic E-state index is 14.1. The minimum atomic E-state index is -0.385. The van der Waals surface area contributed by atoms with E-state index in [-0.39, 0.29) is 11.6 Å². The summed E-state index contributed by atoms with van der Waals surface area (Å²) in [7, 11) is 4.21. The summed E-state index contributed by atoms with van der Waals surface area (Å²) in [6.45, 7) is 7.72. The Morgan fingerprint density at radius 2 is 2.10 bits per heavy atom. The summed E-state index contributed by atoms with van der Waals surface area (Å²) in [4.78, 5) is 12.3. The Bertz CT molecular complexity index is 495. The van der Waals surface area contributed by atoms with Crippen molar-refractivity contribution in [1.82, 2.24) is 19.8 Å². The Morgan fingerprint density at radius 3 is 2.67 bits per heavy atom. The Kier molecular flexibility index (Phi) is 5.12. The van der Waals surface area contributed by atoms with E-state index in [4.69, 9.17) is 0 Å². The third-order valence-electron chi connectivity index (χ3n) is 4.04. The predicted octanol–water partition coefficient (Wildman–Crippen LogP) is 2.09. The average molecular weight is 293 g/mol. The first-order valence-electron chi connectivity index (χ1n) is 7.39. The van der Waals surface area contributed by atoms with E-state index in [1.54, 1.807) is 0 Å². The zero-order valence-corrected chi connectivity index (χ0v) is 13.1. The molecule has 6 heteroatoms. The van der Waals surface area contributed by atoms with Gasteiger partial charge in [-0.3, -0.25) is 0 Å². The molecule has 2 heterocycles. The van der Waals surface area contributed by atoms with Gasteiger partial charge in [-0.1, -0.05) is 13.5 Å². The van der Waals surface area contributed by atoms with Gasteiger partial charge in [0.15, 0.2) is 11.6 Å². The molecule has 0 aromatic carbocycles. The molecule has 21 heavy (non-hydrogen) atoms. The fraction of sp³-hybridized carbons (Fsp3) is 0.600. The number of halogens is 1. The van der Waals surface area contributed by atoms with Gasteiger partial charge in [-0.2, -0.15) is 0 Å². The second-order valence-corrected chi connectivity index (χ2v) is 5.59. The smallest absolute Gasteiger partial charge is 0.187 e. The number of nitrogens with one attached hydrogen (secondary N) is 1. The van der Waals surface area contributed by atoms with Gasteiger partial charge in [0.1, 0.15) is 6.33 Å². The number of hydrogen-bond acceptors (Lipinski definition) is 5. The summed E-state index contributed by atoms with van der Waals surface area (Å²) < 4.78 is 14.1. The number of aromatic nitrogens is 2. The van der Waals surface area contributed by atoms with E-state index in [2.05, 4.69) is 45.8 Å². The number of nitrogens with zero attached hydrogens (tertiary/aromatic N) is 4. The highest BCUT2D eigenvalue weighted by molar-refractivity contribution is 5.42. The second kappa shape index (κ2) is 6.85. The summed E-state index contributed by atoms with van der Waals surface area (Å²) in [5.41, 5.74) is 0.423. The van der Waals surface area contributed by atoms with Crippen molar-refractivity contribution in [3.05, 3.63) is 30.2 Å². The molecule has 0 atom stereocenters. The first-order chi connectivity index (χ1) is 10.0. The molecule has 1 saturated heterocycles. The molecule has 0 saturated carbocycles. The van der Waals surface area contributed by atoms with Crippen LogP contribution < -0.4 is 5.32 Å². The molecular weight excluding hydrogens is 269 g/mol. The van der Waals surface area contributed by atoms with Gasteiger partial charge in [-0.25, -0.2) is 14.4 Å². The third-order valence-corrected chi connectivity index (χ3v) is 4.04. The maximum absolute atomic E-state index is 14.1. The van der Waals surface area contributed by atoms with E-state index in [0.717, 1.165) is 25.9 Å². The van der Waals surface area contributed by atoms with E-state index in [0.29, 0.717) is 24.0 Å². The van der Waals surface area contributed by atoms with Crippen LogP contribution in [0.3, 0.4) is 0 Å². The fourth-order valence-electron chi connectivity index (χ4n) is 2.61. The van der Waals surface area contributed by atoms with Gasteiger partial charge in [0.05, 0.1) is 11.5 Å². The van der Waals surface area contributed by atoms with Gasteiger partial charge in [-0.15, -0.1) is 0 Å². The Morgan fingerprint density at radius 1 is 1.43 bits per heavy atom. The Labute approximate surface area is 125 Å². The molecule has 1 aromatic rings. The number of aryl methyl sites for hydroxylation is 1. The zero-order valence-electron chi connectivity index (χ0n) is 13.1. The van der Waals surface area contributed by atoms with Crippen LogP contribution >= 0.6 is 0 Å². The molecule has 0 radical (unpaired) electrons. The van der Waals surface area contributed by atoms with Crippen LogP contribution in [0.1, 0.15) is 25.5 Å². The molecule has 5 nitrogen and oxygen atoms in total. The molecule has 1 aliphatic rings. The van der Waals surface area contributed by atoms with Crippen molar-refractivity contribution in [2.24, 2.45) is 0 Å². The lowest BCUT2D eigenvalue weighted by molar-refractivity contribution is 0.172. The van der Waals surface area contributed by atoms with Crippen molar-refractivity contribution in [2.75, 3.05) is 32.5 Å². The van der Waals surface area contributed by atoms with Gasteiger partial charge in [0.25, 0.3) is 0 Å². The van der Waals surface area contributed by atoms with Crippen molar-refractivity contribution in [1.29, 1.82) is 0 Å². The largest absolute Gasteiger partial charge is 0.359 e. The normalized spacial score (nSPS) is 16.3. The molecule has 2 rings (SSSR count). The molecule has 0 amide bonds. The second-order valence-electron chi connectivity index (χ2n) is 5.59. The van der Waals surface area contributed by atoms with Crippen LogP contribution in [-0.4, -0.2) is 53.0 Å². The maximum Gasteiger partial charge on any atom is 0.187 e. The zero-order chi connectivity index (χ0) is 15.4. The summed E-state index contributed by atoms with van der Waals surface area (Å²) in [6.07, 6.45) is 4.10. The van der Waals surface area contributed by atoms with Gasteiger partial charge in [0, 0.05) is 19.1 Å². The SMILES string of the molecule is C=C(Nc1ncnc(CC)c1F)N1CCC(N(C)C)CC1. The summed E-state index contributed by atoms with van der Waals surface area (Å²) in [5.74, 6) is 0.526. The van der Waals surface area contributed by atoms with E-state index in [1.165, 1.54) is 6.33 Å². The van der Waals surface area contributed by atoms with Gasteiger partial charge in [0.2, 0.25) is 0 Å². The van der Waals surface area contributed by atoms with Crippen molar-refractivity contribution in [3.63, 3.8) is 0 Å². The van der Waals surface area contributed by atoms with E-state index in [1.807, 2.05) is 6.92 Å². The highest BCUT2D eigenvalue weighted by Crippen LogP contribution is 2.20. The molecule has 1 aromatic heterocycles. The number of rotatable bonds is 5. The number of hydrogen-bond donors (Lipinski definition) is 1. The number of likely N-dealkylation sites (tertiary alicyclic amines) is 1. The summed E-state index contributed by atoms with van der Waals surface area (Å²) in [6, 6.07) is 0.608. The van der Waals surface area contributed by atoms with E-state index >= 15 is 0 Å². The minimum Gasteiger partial charge on any atom is -0.359 e. The van der Waals surface area contributed by atoms with Crippen molar-refractivity contribution in [2.45, 2.75) is 32.2 Å². The van der Waals surface area contributed by atoms with Crippen LogP contribution in [0.2, 0.25) is 0 Å². The summed E-state index contributed by atoms with van der Waals surface area (Å²) >= 11 is 0. The topological polar surface area (TPSA) is 44.3 Å². The lowest BCUT2D eigenvalue weighted by atomic mass is 10.0. The van der Waals surface area contributed by atoms with Gasteiger partial charge < -0.3 is 15.1 Å². The van der Waals surface area contributed by atoms with Crippen LogP contribution in [0, 0.1) is 5.82 Å². The number of piperidine rings is 1. The predicted molar refractivity (Wildman–Crippen MR) is 82.4 cm³/mol. The van der Waals surface area contributed by atoms with Crippen molar-refractivity contribution in [3.8, 4) is 0 Å². The molecule has 0 aliphatic carbocycles. The fourth-order valence-corrected chi connectivity index (χ4v) is 2.61. The average Bonchev–Trinajstić information content (AvgIpc) is 2.49. The Hall–Kier alpha value is -1.69. The molecular formula is C15H24FN5. The standard InChI is InChI=1S/C15H24FN5/c1-5-13-14(16)15(18-10-17-13)19-11(2)21-8-6-12(7-9-21)20(3)4/h10,12H,2,5-9H2,1,3-4H3,(H,17,18,19). The highest BCUT2D eigenvalue weighted by Gasteiger charge is 2.22. The van der Waals surface area contributed by atoms with Crippen molar-refractivity contribution < 1.29 is 4.39 Å². The van der Waals surface area contributed by atoms with Crippen LogP contribution in [0.5, 0.6) is 0 Å². The van der Waals surface area contributed by atoms with E-state index in [9.17, 15) is 4.39 Å². The van der Waals surface area contributed by atoms with Crippen LogP contribution in [0.25, 0.3) is 0 Å². The van der Waals surface area contributed by atoms with Crippen LogP contribution in [0.15, 0.2) is 18.7 Å². The van der Waals surface area contributed by atoms with Gasteiger partial charge in [-0.05, 0) is 33.4 Å². The van der Waals surface area contributed by atoms with E-state index < -0.39 is 0 Å². The molecule has 0 spiro atoms. The van der Waals surface area contributed by atoms with Crippen LogP contribution in [-0.2, 0) is 6.42 Å². The monoisotopic (exact) mass is 293 g/mol. The quantitative estimate of drug-likeness (QED) is 0.900. The number of anilines is 1. The van der Waals surface area contributed by atoms with Gasteiger partial charge >= 0.3 is 0 Å². The first-order valence-corrected chi connectivity index (χ1v) is 7.39. The molecule has 1 fully saturated rings. The minimum absolute atomic E-state index is 0.210.